The molecule has 2 N–H and O–H groups in total. The number of carbonyl (C=O) groups excluding carboxylic acids is 2. The van der Waals surface area contributed by atoms with Gasteiger partial charge in [0, 0.05) is 50.3 Å². The summed E-state index contributed by atoms with van der Waals surface area (Å²) in [7, 11) is -3.67. The van der Waals surface area contributed by atoms with Crippen LogP contribution in [0.3, 0.4) is 0 Å². The maximum absolute atomic E-state index is 13.4. The van der Waals surface area contributed by atoms with Gasteiger partial charge < -0.3 is 29.3 Å². The topological polar surface area (TPSA) is 126 Å². The number of halogens is 7. The maximum atomic E-state index is 13.4. The van der Waals surface area contributed by atoms with Crippen LogP contribution in [0.15, 0.2) is 36.4 Å². The van der Waals surface area contributed by atoms with Crippen LogP contribution in [-0.4, -0.2) is 110 Å². The molecule has 2 saturated heterocycles. The fourth-order valence-corrected chi connectivity index (χ4v) is 5.54. The van der Waals surface area contributed by atoms with E-state index >= 15 is 0 Å². The number of aliphatic hydroxyl groups is 1. The third-order valence-electron chi connectivity index (χ3n) is 7.59. The Bertz CT molecular complexity index is 1480. The minimum absolute atomic E-state index is 0. The quantitative estimate of drug-likeness (QED) is 0.335. The van der Waals surface area contributed by atoms with Gasteiger partial charge in [0.2, 0.25) is 0 Å². The van der Waals surface area contributed by atoms with Crippen molar-refractivity contribution in [3.05, 3.63) is 70.8 Å². The molecule has 56 heavy (non-hydrogen) atoms. The molecule has 0 radical (unpaired) electrons. The molecule has 20 heteroatoms. The zero-order valence-electron chi connectivity index (χ0n) is 32.7. The van der Waals surface area contributed by atoms with Gasteiger partial charge in [-0.3, -0.25) is 17.8 Å². The van der Waals surface area contributed by atoms with Crippen LogP contribution in [0.25, 0.3) is 0 Å². The number of rotatable bonds is 6. The maximum Gasteiger partial charge on any atom is 1.00 e. The van der Waals surface area contributed by atoms with Crippen LogP contribution in [0.1, 0.15) is 91.2 Å². The Morgan fingerprint density at radius 3 is 1.36 bits per heavy atom. The van der Waals surface area contributed by atoms with Crippen LogP contribution >= 0.6 is 0 Å². The Hall–Kier alpha value is -2.99. The van der Waals surface area contributed by atoms with Gasteiger partial charge in [0.05, 0.1) is 12.6 Å². The first kappa shape index (κ1) is 55.1. The van der Waals surface area contributed by atoms with Gasteiger partial charge in [-0.1, -0.05) is 8.41 Å². The van der Waals surface area contributed by atoms with E-state index in [9.17, 15) is 55.1 Å². The largest absolute Gasteiger partial charge is 1.00 e. The van der Waals surface area contributed by atoms with E-state index in [0.29, 0.717) is 17.5 Å². The van der Waals surface area contributed by atoms with Gasteiger partial charge in [-0.2, -0.15) is 0 Å². The van der Waals surface area contributed by atoms with Gasteiger partial charge in [0.15, 0.2) is 0 Å². The van der Waals surface area contributed by atoms with E-state index in [4.69, 9.17) is 14.2 Å². The second-order valence-corrected chi connectivity index (χ2v) is 14.3. The average Bonchev–Trinajstić information content (AvgIpc) is 3.65. The summed E-state index contributed by atoms with van der Waals surface area (Å²) < 4.78 is 97.8. The number of nitrogens with zero attached hydrogens (tertiary/aromatic N) is 2. The molecule has 312 valence electrons. The number of carboxylic acid groups (broad SMARTS) is 1. The minimum Gasteiger partial charge on any atom is -0.480 e. The van der Waals surface area contributed by atoms with Crippen molar-refractivity contribution in [3.8, 4) is 0 Å². The van der Waals surface area contributed by atoms with Crippen LogP contribution in [0.4, 0.5) is 40.1 Å². The molecule has 2 aromatic carbocycles. The summed E-state index contributed by atoms with van der Waals surface area (Å²) in [5.41, 5.74) is -0.578. The van der Waals surface area contributed by atoms with Crippen LogP contribution in [-0.2, 0) is 19.0 Å². The van der Waals surface area contributed by atoms with Crippen molar-refractivity contribution in [3.63, 3.8) is 0 Å². The van der Waals surface area contributed by atoms with Crippen molar-refractivity contribution in [1.82, 2.24) is 9.80 Å². The number of amides is 2. The fraction of sp³-hybridized carbons (Fsp3) is 0.583. The van der Waals surface area contributed by atoms with Crippen molar-refractivity contribution < 1.29 is 98.9 Å². The Kier molecular flexibility index (Phi) is 25.0. The van der Waals surface area contributed by atoms with Gasteiger partial charge >= 0.3 is 55.3 Å². The van der Waals surface area contributed by atoms with Crippen molar-refractivity contribution in [2.24, 2.45) is 0 Å². The standard InChI is InChI=1S/C16H19F2NO4.C16H21F2NO3.C4H10O.BF3.BH4.Na/c1-16(2,3)23-15(22)19-8-10(6-13(19)14(20)21)9-4-11(17)7-12(18)5-9;1-16(2,3)22-15(21)19-8-11(6-14(19)9-20)10-4-12(17)7-13(18)5-10;1-3-5-4-2;2-1(3)4;;/h4-5,7,10,13H,6,8H2,1-3H3,(H,20,21);4-5,7,11,14,20H,6,8-9H2,1-3H3;3-4H2,1-2H3;;1H4;/q;;;;-1;+1/t10-,13?;11-,14?;;;;/m11..../s1. The molecular weight excluding hydrogens is 766 g/mol. The van der Waals surface area contributed by atoms with Crippen molar-refractivity contribution in [1.29, 1.82) is 0 Å². The molecule has 2 heterocycles. The zero-order chi connectivity index (χ0) is 41.6. The molecule has 0 aromatic heterocycles. The molecule has 2 amide bonds. The number of hydrogen-bond donors (Lipinski definition) is 2. The Morgan fingerprint density at radius 2 is 1.05 bits per heavy atom. The SMILES string of the molecule is CC(C)(C)OC(=O)N1C[C@H](c2cc(F)cc(F)c2)CC1C(=O)O.CC(C)(C)OC(=O)N1C[C@H](c2cc(F)cc(F)c2)CC1CO.CCOCC.FB(F)F.[BH4-].[Na+]. The van der Waals surface area contributed by atoms with Crippen LogP contribution in [0.2, 0.25) is 0 Å². The van der Waals surface area contributed by atoms with E-state index < -0.39 is 78.2 Å². The van der Waals surface area contributed by atoms with E-state index in [2.05, 4.69) is 0 Å². The number of likely N-dealkylation sites (tertiary alicyclic amines) is 2. The number of aliphatic carboxylic acids is 1. The molecule has 4 rings (SSSR count). The second-order valence-electron chi connectivity index (χ2n) is 14.3. The molecular formula is C36H54B2F7N2NaO8. The number of carboxylic acids is 1. The molecule has 0 spiro atoms. The first-order chi connectivity index (χ1) is 24.9. The molecule has 2 aliphatic heterocycles. The fourth-order valence-electron chi connectivity index (χ4n) is 5.54. The van der Waals surface area contributed by atoms with E-state index in [1.807, 2.05) is 13.8 Å². The van der Waals surface area contributed by atoms with Crippen molar-refractivity contribution in [2.75, 3.05) is 32.9 Å². The summed E-state index contributed by atoms with van der Waals surface area (Å²) in [6.07, 6.45) is -0.744. The Balaban J connectivity index is 0. The Labute approximate surface area is 348 Å². The number of hydrogen-bond acceptors (Lipinski definition) is 7. The summed E-state index contributed by atoms with van der Waals surface area (Å²) in [5, 5.41) is 18.8. The van der Waals surface area contributed by atoms with Gasteiger partial charge in [0.1, 0.15) is 40.5 Å². The van der Waals surface area contributed by atoms with Crippen molar-refractivity contribution >= 4 is 34.1 Å². The monoisotopic (exact) mass is 820 g/mol. The van der Waals surface area contributed by atoms with Crippen molar-refractivity contribution in [2.45, 2.75) is 103 Å². The van der Waals surface area contributed by atoms with Gasteiger partial charge in [-0.05, 0) is 104 Å². The van der Waals surface area contributed by atoms with E-state index in [-0.39, 0.29) is 70.0 Å². The van der Waals surface area contributed by atoms with Gasteiger partial charge in [-0.25, -0.2) is 31.9 Å². The zero-order valence-corrected chi connectivity index (χ0v) is 34.7. The first-order valence-electron chi connectivity index (χ1n) is 17.2. The molecule has 0 saturated carbocycles. The molecule has 10 nitrogen and oxygen atoms in total. The normalized spacial score (nSPS) is 18.6. The average molecular weight is 820 g/mol. The first-order valence-corrected chi connectivity index (χ1v) is 17.2. The van der Waals surface area contributed by atoms with E-state index in [1.54, 1.807) is 41.5 Å². The molecule has 2 aliphatic rings. The van der Waals surface area contributed by atoms with Crippen LogP contribution in [0, 0.1) is 23.3 Å². The Morgan fingerprint density at radius 1 is 0.714 bits per heavy atom. The third kappa shape index (κ3) is 20.4. The second kappa shape index (κ2) is 25.4. The third-order valence-corrected chi connectivity index (χ3v) is 7.59. The minimum atomic E-state index is -3.67. The summed E-state index contributed by atoms with van der Waals surface area (Å²) in [4.78, 5) is 38.3. The van der Waals surface area contributed by atoms with Crippen LogP contribution < -0.4 is 29.6 Å². The van der Waals surface area contributed by atoms with E-state index in [0.717, 1.165) is 42.4 Å². The number of carbonyl (C=O) groups is 3. The summed E-state index contributed by atoms with van der Waals surface area (Å²) in [5.74, 6) is -4.62. The molecule has 0 aliphatic carbocycles. The molecule has 2 fully saturated rings. The van der Waals surface area contributed by atoms with E-state index in [1.165, 1.54) is 17.0 Å². The number of benzene rings is 2. The van der Waals surface area contributed by atoms with Gasteiger partial charge in [-0.15, -0.1) is 0 Å². The molecule has 2 unspecified atom stereocenters. The summed E-state index contributed by atoms with van der Waals surface area (Å²) >= 11 is 0. The summed E-state index contributed by atoms with van der Waals surface area (Å²) in [6, 6.07) is 4.91. The molecule has 4 atom stereocenters. The number of ether oxygens (including phenoxy) is 3. The molecule has 0 bridgehead atoms. The smallest absolute Gasteiger partial charge is 0.480 e. The van der Waals surface area contributed by atoms with Crippen LogP contribution in [0.5, 0.6) is 0 Å². The molecule has 2 aromatic rings. The predicted molar refractivity (Wildman–Crippen MR) is 198 cm³/mol. The summed E-state index contributed by atoms with van der Waals surface area (Å²) in [6.45, 7) is 16.1. The van der Waals surface area contributed by atoms with Gasteiger partial charge in [0.25, 0.3) is 0 Å². The predicted octanol–water partition coefficient (Wildman–Crippen LogP) is 3.67. The number of aliphatic hydroxyl groups excluding tert-OH is 1.